The third kappa shape index (κ3) is 1.93. The fourth-order valence-electron chi connectivity index (χ4n) is 3.89. The van der Waals surface area contributed by atoms with E-state index in [1.54, 1.807) is 0 Å². The Hall–Kier alpha value is -1.16. The molecule has 1 N–H and O–H groups in total. The van der Waals surface area contributed by atoms with Crippen LogP contribution in [0.15, 0.2) is 0 Å². The molecule has 1 aromatic heterocycles. The van der Waals surface area contributed by atoms with Crippen molar-refractivity contribution in [1.82, 2.24) is 9.97 Å². The fourth-order valence-corrected chi connectivity index (χ4v) is 3.89. The maximum atomic E-state index is 9.81. The van der Waals surface area contributed by atoms with Crippen LogP contribution >= 0.6 is 0 Å². The molecule has 19 heavy (non-hydrogen) atoms. The summed E-state index contributed by atoms with van der Waals surface area (Å²) in [5.74, 6) is 2.55. The first-order valence-electron chi connectivity index (χ1n) is 7.23. The zero-order valence-corrected chi connectivity index (χ0v) is 12.1. The summed E-state index contributed by atoms with van der Waals surface area (Å²) in [6.07, 6.45) is 3.67. The van der Waals surface area contributed by atoms with Gasteiger partial charge in [-0.25, -0.2) is 9.97 Å². The van der Waals surface area contributed by atoms with Gasteiger partial charge in [-0.3, -0.25) is 0 Å². The highest BCUT2D eigenvalue weighted by Crippen LogP contribution is 2.49. The number of aryl methyl sites for hydroxylation is 2. The Labute approximate surface area is 114 Å². The average molecular weight is 261 g/mol. The summed E-state index contributed by atoms with van der Waals surface area (Å²) in [6.45, 7) is 8.41. The van der Waals surface area contributed by atoms with Crippen LogP contribution < -0.4 is 4.90 Å². The topological polar surface area (TPSA) is 49.2 Å². The van der Waals surface area contributed by atoms with Gasteiger partial charge >= 0.3 is 0 Å². The molecule has 2 fully saturated rings. The molecule has 0 radical (unpaired) electrons. The van der Waals surface area contributed by atoms with E-state index >= 15 is 0 Å². The maximum Gasteiger partial charge on any atom is 0.135 e. The first-order valence-corrected chi connectivity index (χ1v) is 7.23. The summed E-state index contributed by atoms with van der Waals surface area (Å²) in [4.78, 5) is 11.4. The molecule has 3 rings (SSSR count). The van der Waals surface area contributed by atoms with Crippen molar-refractivity contribution < 1.29 is 5.11 Å². The lowest BCUT2D eigenvalue weighted by atomic mass is 9.82. The van der Waals surface area contributed by atoms with Crippen LogP contribution in [0.3, 0.4) is 0 Å². The van der Waals surface area contributed by atoms with Crippen LogP contribution in [0.25, 0.3) is 0 Å². The summed E-state index contributed by atoms with van der Waals surface area (Å²) in [6, 6.07) is 0. The number of nitrogens with zero attached hydrogens (tertiary/aromatic N) is 3. The molecule has 1 aliphatic heterocycles. The third-order valence-corrected chi connectivity index (χ3v) is 5.13. The van der Waals surface area contributed by atoms with Gasteiger partial charge in [0.15, 0.2) is 0 Å². The molecule has 1 saturated heterocycles. The molecule has 4 nitrogen and oxygen atoms in total. The van der Waals surface area contributed by atoms with Crippen LogP contribution in [0.4, 0.5) is 5.82 Å². The Morgan fingerprint density at radius 1 is 1.32 bits per heavy atom. The summed E-state index contributed by atoms with van der Waals surface area (Å²) in [7, 11) is 0. The molecular formula is C15H23N3O. The maximum absolute atomic E-state index is 9.81. The van der Waals surface area contributed by atoms with Crippen LogP contribution in [0.2, 0.25) is 0 Å². The van der Waals surface area contributed by atoms with Crippen LogP contribution in [0.1, 0.15) is 36.3 Å². The Balaban J connectivity index is 1.93. The fraction of sp³-hybridized carbons (Fsp3) is 0.733. The minimum atomic E-state index is 0.124. The molecule has 2 atom stereocenters. The van der Waals surface area contributed by atoms with Crippen molar-refractivity contribution in [2.24, 2.45) is 11.3 Å². The zero-order valence-electron chi connectivity index (χ0n) is 12.1. The van der Waals surface area contributed by atoms with E-state index in [0.717, 1.165) is 36.8 Å². The molecule has 104 valence electrons. The smallest absolute Gasteiger partial charge is 0.135 e. The van der Waals surface area contributed by atoms with E-state index in [4.69, 9.17) is 0 Å². The second-order valence-corrected chi connectivity index (χ2v) is 6.29. The van der Waals surface area contributed by atoms with Crippen LogP contribution in [0, 0.1) is 32.1 Å². The highest BCUT2D eigenvalue weighted by molar-refractivity contribution is 5.50. The molecule has 1 aliphatic carbocycles. The van der Waals surface area contributed by atoms with Crippen LogP contribution in [0.5, 0.6) is 0 Å². The van der Waals surface area contributed by atoms with E-state index < -0.39 is 0 Å². The number of hydrogen-bond acceptors (Lipinski definition) is 4. The predicted molar refractivity (Wildman–Crippen MR) is 75.3 cm³/mol. The van der Waals surface area contributed by atoms with Gasteiger partial charge in [0.2, 0.25) is 0 Å². The Kier molecular flexibility index (Phi) is 3.01. The molecular weight excluding hydrogens is 238 g/mol. The van der Waals surface area contributed by atoms with Crippen molar-refractivity contribution >= 4 is 5.82 Å². The Morgan fingerprint density at radius 3 is 2.79 bits per heavy atom. The van der Waals surface area contributed by atoms with E-state index in [1.165, 1.54) is 18.4 Å². The molecule has 1 saturated carbocycles. The van der Waals surface area contributed by atoms with E-state index in [2.05, 4.69) is 21.8 Å². The summed E-state index contributed by atoms with van der Waals surface area (Å²) in [5, 5.41) is 9.81. The molecule has 0 amide bonds. The lowest BCUT2D eigenvalue weighted by Crippen LogP contribution is -2.31. The largest absolute Gasteiger partial charge is 0.396 e. The predicted octanol–water partition coefficient (Wildman–Crippen LogP) is 2.00. The van der Waals surface area contributed by atoms with Gasteiger partial charge in [0, 0.05) is 29.8 Å². The van der Waals surface area contributed by atoms with E-state index in [1.807, 2.05) is 13.8 Å². The highest BCUT2D eigenvalue weighted by atomic mass is 16.3. The van der Waals surface area contributed by atoms with Gasteiger partial charge < -0.3 is 10.0 Å². The van der Waals surface area contributed by atoms with Crippen molar-refractivity contribution in [2.75, 3.05) is 24.6 Å². The standard InChI is InChI=1S/C15H23N3O/c1-10-11(2)16-12(3)17-14(10)18-7-13-5-4-6-15(13,8-18)9-19/h13,19H,4-9H2,1-3H3/t13-,15+/m1/s1. The first kappa shape index (κ1) is 12.9. The Morgan fingerprint density at radius 2 is 2.11 bits per heavy atom. The number of fused-ring (bicyclic) bond motifs is 1. The second-order valence-electron chi connectivity index (χ2n) is 6.29. The second kappa shape index (κ2) is 4.44. The lowest BCUT2D eigenvalue weighted by Gasteiger charge is -2.27. The molecule has 2 aliphatic rings. The number of aromatic nitrogens is 2. The molecule has 4 heteroatoms. The van der Waals surface area contributed by atoms with E-state index in [0.29, 0.717) is 12.5 Å². The van der Waals surface area contributed by atoms with Gasteiger partial charge in [-0.05, 0) is 39.5 Å². The first-order chi connectivity index (χ1) is 9.05. The normalized spacial score (nSPS) is 29.9. The van der Waals surface area contributed by atoms with E-state index in [-0.39, 0.29) is 5.41 Å². The van der Waals surface area contributed by atoms with E-state index in [9.17, 15) is 5.11 Å². The van der Waals surface area contributed by atoms with Gasteiger partial charge in [-0.2, -0.15) is 0 Å². The summed E-state index contributed by atoms with van der Waals surface area (Å²) < 4.78 is 0. The van der Waals surface area contributed by atoms with Crippen molar-refractivity contribution in [1.29, 1.82) is 0 Å². The van der Waals surface area contributed by atoms with Gasteiger partial charge in [-0.1, -0.05) is 6.42 Å². The molecule has 0 spiro atoms. The van der Waals surface area contributed by atoms with Crippen molar-refractivity contribution in [3.63, 3.8) is 0 Å². The SMILES string of the molecule is Cc1nc(C)c(C)c(N2C[C@H]3CCC[C@@]3(CO)C2)n1. The Bertz CT molecular complexity index is 502. The number of aliphatic hydroxyl groups excluding tert-OH is 1. The number of hydrogen-bond donors (Lipinski definition) is 1. The van der Waals surface area contributed by atoms with Crippen LogP contribution in [-0.2, 0) is 0 Å². The molecule has 0 bridgehead atoms. The van der Waals surface area contributed by atoms with Gasteiger partial charge in [-0.15, -0.1) is 0 Å². The van der Waals surface area contributed by atoms with Gasteiger partial charge in [0.1, 0.15) is 11.6 Å². The zero-order chi connectivity index (χ0) is 13.6. The molecule has 0 aromatic carbocycles. The minimum absolute atomic E-state index is 0.124. The number of rotatable bonds is 2. The van der Waals surface area contributed by atoms with Gasteiger partial charge in [0.05, 0.1) is 6.61 Å². The minimum Gasteiger partial charge on any atom is -0.396 e. The number of aliphatic hydroxyl groups is 1. The molecule has 1 aromatic rings. The summed E-state index contributed by atoms with van der Waals surface area (Å²) >= 11 is 0. The quantitative estimate of drug-likeness (QED) is 0.884. The lowest BCUT2D eigenvalue weighted by molar-refractivity contribution is 0.121. The summed E-state index contributed by atoms with van der Waals surface area (Å²) in [5.41, 5.74) is 2.37. The average Bonchev–Trinajstić information content (AvgIpc) is 2.90. The number of anilines is 1. The highest BCUT2D eigenvalue weighted by Gasteiger charge is 2.49. The monoisotopic (exact) mass is 261 g/mol. The molecule has 0 unspecified atom stereocenters. The van der Waals surface area contributed by atoms with Crippen molar-refractivity contribution in [3.8, 4) is 0 Å². The van der Waals surface area contributed by atoms with Crippen molar-refractivity contribution in [2.45, 2.75) is 40.0 Å². The molecule has 2 heterocycles. The van der Waals surface area contributed by atoms with Crippen molar-refractivity contribution in [3.05, 3.63) is 17.1 Å². The van der Waals surface area contributed by atoms with Crippen LogP contribution in [-0.4, -0.2) is 34.8 Å². The van der Waals surface area contributed by atoms with Gasteiger partial charge in [0.25, 0.3) is 0 Å². The third-order valence-electron chi connectivity index (χ3n) is 5.13.